The Kier molecular flexibility index (Phi) is 5.20. The predicted octanol–water partition coefficient (Wildman–Crippen LogP) is 1.83. The third kappa shape index (κ3) is 5.10. The summed E-state index contributed by atoms with van der Waals surface area (Å²) in [6.07, 6.45) is 2.32. The van der Waals surface area contributed by atoms with Crippen molar-refractivity contribution in [1.29, 1.82) is 0 Å². The molecule has 1 aromatic carbocycles. The lowest BCUT2D eigenvalue weighted by Gasteiger charge is -2.13. The van der Waals surface area contributed by atoms with Crippen molar-refractivity contribution in [3.05, 3.63) is 29.8 Å². The van der Waals surface area contributed by atoms with Gasteiger partial charge in [-0.25, -0.2) is 4.79 Å². The molecule has 0 radical (unpaired) electrons. The monoisotopic (exact) mass is 291 g/mol. The van der Waals surface area contributed by atoms with Crippen LogP contribution in [0.25, 0.3) is 0 Å². The topological polar surface area (TPSA) is 64.6 Å². The highest BCUT2D eigenvalue weighted by atomic mass is 16.6. The summed E-state index contributed by atoms with van der Waals surface area (Å²) in [6, 6.07) is 7.56. The molecule has 0 saturated heterocycles. The molecule has 1 aliphatic rings. The molecule has 1 amide bonds. The van der Waals surface area contributed by atoms with Gasteiger partial charge < -0.3 is 14.8 Å². The number of aryl methyl sites for hydroxylation is 1. The van der Waals surface area contributed by atoms with Crippen molar-refractivity contribution in [3.63, 3.8) is 0 Å². The number of carbonyl (C=O) groups is 2. The first kappa shape index (κ1) is 15.4. The number of hydrogen-bond donors (Lipinski definition) is 1. The van der Waals surface area contributed by atoms with Gasteiger partial charge in [-0.1, -0.05) is 18.2 Å². The molecular formula is C16H21NO4. The number of ether oxygens (including phenoxy) is 2. The molecule has 1 aliphatic carbocycles. The second-order valence-electron chi connectivity index (χ2n) is 5.41. The van der Waals surface area contributed by atoms with E-state index >= 15 is 0 Å². The van der Waals surface area contributed by atoms with Crippen molar-refractivity contribution in [2.75, 3.05) is 13.2 Å². The van der Waals surface area contributed by atoms with Gasteiger partial charge in [0.05, 0.1) is 0 Å². The molecule has 21 heavy (non-hydrogen) atoms. The van der Waals surface area contributed by atoms with Gasteiger partial charge in [-0.3, -0.25) is 4.79 Å². The molecule has 0 aromatic heterocycles. The second-order valence-corrected chi connectivity index (χ2v) is 5.41. The van der Waals surface area contributed by atoms with Crippen LogP contribution in [0.3, 0.4) is 0 Å². The summed E-state index contributed by atoms with van der Waals surface area (Å²) in [5.74, 6) is 0.404. The molecule has 114 valence electrons. The van der Waals surface area contributed by atoms with Crippen LogP contribution in [0.15, 0.2) is 24.3 Å². The summed E-state index contributed by atoms with van der Waals surface area (Å²) in [6.45, 7) is 3.41. The van der Waals surface area contributed by atoms with Gasteiger partial charge in [0.2, 0.25) is 0 Å². The Labute approximate surface area is 124 Å². The summed E-state index contributed by atoms with van der Waals surface area (Å²) in [4.78, 5) is 23.1. The number of carbonyl (C=O) groups excluding carboxylic acids is 2. The number of benzene rings is 1. The zero-order valence-electron chi connectivity index (χ0n) is 12.4. The van der Waals surface area contributed by atoms with E-state index in [9.17, 15) is 9.59 Å². The van der Waals surface area contributed by atoms with E-state index in [1.165, 1.54) is 0 Å². The fourth-order valence-corrected chi connectivity index (χ4v) is 2.05. The minimum Gasteiger partial charge on any atom is -0.482 e. The predicted molar refractivity (Wildman–Crippen MR) is 78.0 cm³/mol. The Balaban J connectivity index is 1.65. The van der Waals surface area contributed by atoms with E-state index in [2.05, 4.69) is 5.32 Å². The van der Waals surface area contributed by atoms with Crippen molar-refractivity contribution in [2.24, 2.45) is 5.92 Å². The van der Waals surface area contributed by atoms with Crippen molar-refractivity contribution in [3.8, 4) is 5.75 Å². The van der Waals surface area contributed by atoms with Crippen LogP contribution >= 0.6 is 0 Å². The first-order chi connectivity index (χ1) is 10.1. The zero-order chi connectivity index (χ0) is 15.2. The Bertz CT molecular complexity index is 511. The Morgan fingerprint density at radius 3 is 2.67 bits per heavy atom. The van der Waals surface area contributed by atoms with E-state index in [-0.39, 0.29) is 25.2 Å². The first-order valence-corrected chi connectivity index (χ1v) is 7.19. The average Bonchev–Trinajstić information content (AvgIpc) is 3.29. The van der Waals surface area contributed by atoms with Crippen LogP contribution in [0, 0.1) is 12.8 Å². The molecule has 0 heterocycles. The standard InChI is InChI=1S/C16H21NO4/c1-11-5-3-4-6-14(11)20-10-16(19)21-9-15(18)17-12(2)13-7-8-13/h3-6,12-13H,7-10H2,1-2H3,(H,17,18)/t12-/m1/s1. The van der Waals surface area contributed by atoms with Crippen LogP contribution in [-0.4, -0.2) is 31.1 Å². The van der Waals surface area contributed by atoms with Crippen LogP contribution in [0.5, 0.6) is 5.75 Å². The number of rotatable bonds is 7. The van der Waals surface area contributed by atoms with Crippen molar-refractivity contribution < 1.29 is 19.1 Å². The van der Waals surface area contributed by atoms with Crippen LogP contribution < -0.4 is 10.1 Å². The lowest BCUT2D eigenvalue weighted by atomic mass is 10.2. The van der Waals surface area contributed by atoms with Crippen LogP contribution in [0.4, 0.5) is 0 Å². The Morgan fingerprint density at radius 1 is 1.29 bits per heavy atom. The average molecular weight is 291 g/mol. The largest absolute Gasteiger partial charge is 0.482 e. The van der Waals surface area contributed by atoms with Crippen LogP contribution in [0.2, 0.25) is 0 Å². The second kappa shape index (κ2) is 7.11. The van der Waals surface area contributed by atoms with Crippen LogP contribution in [0.1, 0.15) is 25.3 Å². The van der Waals surface area contributed by atoms with Crippen LogP contribution in [-0.2, 0) is 14.3 Å². The molecule has 5 nitrogen and oxygen atoms in total. The number of para-hydroxylation sites is 1. The van der Waals surface area contributed by atoms with Gasteiger partial charge in [0.1, 0.15) is 5.75 Å². The zero-order valence-corrected chi connectivity index (χ0v) is 12.4. The van der Waals surface area contributed by atoms with Crippen molar-refractivity contribution >= 4 is 11.9 Å². The summed E-state index contributed by atoms with van der Waals surface area (Å²) < 4.78 is 10.2. The maximum absolute atomic E-state index is 11.6. The normalized spacial score (nSPS) is 15.1. The number of amides is 1. The molecule has 1 saturated carbocycles. The fourth-order valence-electron chi connectivity index (χ4n) is 2.05. The molecular weight excluding hydrogens is 270 g/mol. The third-order valence-electron chi connectivity index (χ3n) is 3.52. The number of hydrogen-bond acceptors (Lipinski definition) is 4. The third-order valence-corrected chi connectivity index (χ3v) is 3.52. The molecule has 1 atom stereocenters. The first-order valence-electron chi connectivity index (χ1n) is 7.19. The maximum Gasteiger partial charge on any atom is 0.344 e. The van der Waals surface area contributed by atoms with Gasteiger partial charge in [0.15, 0.2) is 13.2 Å². The fraction of sp³-hybridized carbons (Fsp3) is 0.500. The summed E-state index contributed by atoms with van der Waals surface area (Å²) in [5.41, 5.74) is 0.946. The maximum atomic E-state index is 11.6. The van der Waals surface area contributed by atoms with Crippen molar-refractivity contribution in [1.82, 2.24) is 5.32 Å². The molecule has 2 rings (SSSR count). The van der Waals surface area contributed by atoms with Gasteiger partial charge in [-0.05, 0) is 44.2 Å². The highest BCUT2D eigenvalue weighted by Crippen LogP contribution is 2.32. The minimum absolute atomic E-state index is 0.152. The highest BCUT2D eigenvalue weighted by Gasteiger charge is 2.28. The van der Waals surface area contributed by atoms with E-state index in [0.717, 1.165) is 18.4 Å². The highest BCUT2D eigenvalue weighted by molar-refractivity contribution is 5.81. The molecule has 0 unspecified atom stereocenters. The van der Waals surface area contributed by atoms with E-state index in [0.29, 0.717) is 11.7 Å². The molecule has 1 N–H and O–H groups in total. The van der Waals surface area contributed by atoms with Gasteiger partial charge in [0, 0.05) is 6.04 Å². The van der Waals surface area contributed by atoms with Gasteiger partial charge in [-0.2, -0.15) is 0 Å². The molecule has 0 bridgehead atoms. The smallest absolute Gasteiger partial charge is 0.344 e. The summed E-state index contributed by atoms with van der Waals surface area (Å²) in [5, 5.41) is 2.82. The van der Waals surface area contributed by atoms with E-state index < -0.39 is 5.97 Å². The lowest BCUT2D eigenvalue weighted by Crippen LogP contribution is -2.37. The Hall–Kier alpha value is -2.04. The van der Waals surface area contributed by atoms with E-state index in [4.69, 9.17) is 9.47 Å². The van der Waals surface area contributed by atoms with Gasteiger partial charge in [-0.15, -0.1) is 0 Å². The minimum atomic E-state index is -0.549. The van der Waals surface area contributed by atoms with Crippen molar-refractivity contribution in [2.45, 2.75) is 32.7 Å². The van der Waals surface area contributed by atoms with Gasteiger partial charge >= 0.3 is 5.97 Å². The summed E-state index contributed by atoms with van der Waals surface area (Å²) >= 11 is 0. The summed E-state index contributed by atoms with van der Waals surface area (Å²) in [7, 11) is 0. The molecule has 5 heteroatoms. The van der Waals surface area contributed by atoms with Gasteiger partial charge in [0.25, 0.3) is 5.91 Å². The molecule has 1 aromatic rings. The quantitative estimate of drug-likeness (QED) is 0.778. The van der Waals surface area contributed by atoms with E-state index in [1.54, 1.807) is 6.07 Å². The number of nitrogens with one attached hydrogen (secondary N) is 1. The number of esters is 1. The SMILES string of the molecule is Cc1ccccc1OCC(=O)OCC(=O)N[C@H](C)C1CC1. The molecule has 1 fully saturated rings. The molecule has 0 aliphatic heterocycles. The lowest BCUT2D eigenvalue weighted by molar-refractivity contribution is -0.150. The van der Waals surface area contributed by atoms with E-state index in [1.807, 2.05) is 32.0 Å². The molecule has 0 spiro atoms. The Morgan fingerprint density at radius 2 is 2.00 bits per heavy atom.